The highest BCUT2D eigenvalue weighted by Crippen LogP contribution is 2.07. The van der Waals surface area contributed by atoms with Crippen LogP contribution in [-0.4, -0.2) is 49.5 Å². The Kier molecular flexibility index (Phi) is 11.9. The van der Waals surface area contributed by atoms with Crippen LogP contribution in [0.5, 0.6) is 0 Å². The average molecular weight is 217 g/mol. The lowest BCUT2D eigenvalue weighted by molar-refractivity contribution is 0.0860. The molecular formula is C12H27NO2. The van der Waals surface area contributed by atoms with Gasteiger partial charge in [0.2, 0.25) is 0 Å². The van der Waals surface area contributed by atoms with Crippen LogP contribution >= 0.6 is 0 Å². The van der Waals surface area contributed by atoms with Crippen molar-refractivity contribution in [3.05, 3.63) is 0 Å². The molecule has 0 atom stereocenters. The van der Waals surface area contributed by atoms with Crippen LogP contribution < -0.4 is 0 Å². The van der Waals surface area contributed by atoms with Crippen molar-refractivity contribution < 1.29 is 9.84 Å². The van der Waals surface area contributed by atoms with Gasteiger partial charge in [0, 0.05) is 19.8 Å². The maximum Gasteiger partial charge on any atom is 0.0593 e. The molecule has 0 unspecified atom stereocenters. The highest BCUT2D eigenvalue weighted by molar-refractivity contribution is 4.63. The van der Waals surface area contributed by atoms with E-state index in [-0.39, 0.29) is 6.61 Å². The second-order valence-electron chi connectivity index (χ2n) is 3.59. The monoisotopic (exact) mass is 217 g/mol. The van der Waals surface area contributed by atoms with E-state index in [1.807, 2.05) is 13.8 Å². The number of likely N-dealkylation sites (tertiary alicyclic amines) is 1. The number of rotatable bonds is 6. The smallest absolute Gasteiger partial charge is 0.0593 e. The van der Waals surface area contributed by atoms with Crippen LogP contribution in [-0.2, 0) is 4.74 Å². The summed E-state index contributed by atoms with van der Waals surface area (Å²) in [6, 6.07) is 0. The summed E-state index contributed by atoms with van der Waals surface area (Å²) < 4.78 is 5.38. The van der Waals surface area contributed by atoms with Gasteiger partial charge in [-0.25, -0.2) is 0 Å². The zero-order chi connectivity index (χ0) is 11.4. The Morgan fingerprint density at radius 3 is 2.33 bits per heavy atom. The Bertz CT molecular complexity index is 114. The second-order valence-corrected chi connectivity index (χ2v) is 3.59. The van der Waals surface area contributed by atoms with E-state index in [0.717, 1.165) is 19.6 Å². The normalized spacial score (nSPS) is 17.0. The molecule has 3 nitrogen and oxygen atoms in total. The van der Waals surface area contributed by atoms with E-state index >= 15 is 0 Å². The number of aliphatic hydroxyl groups is 1. The molecule has 1 fully saturated rings. The van der Waals surface area contributed by atoms with Gasteiger partial charge in [0.15, 0.2) is 0 Å². The van der Waals surface area contributed by atoms with Crippen molar-refractivity contribution in [2.24, 2.45) is 0 Å². The van der Waals surface area contributed by atoms with E-state index in [1.54, 1.807) is 0 Å². The minimum Gasteiger partial charge on any atom is -0.396 e. The first kappa shape index (κ1) is 14.9. The molecule has 0 saturated carbocycles. The molecule has 3 heteroatoms. The third-order valence-corrected chi connectivity index (χ3v) is 2.45. The molecule has 0 spiro atoms. The highest BCUT2D eigenvalue weighted by Gasteiger charge is 2.08. The Morgan fingerprint density at radius 2 is 1.73 bits per heavy atom. The molecule has 1 aliphatic rings. The zero-order valence-corrected chi connectivity index (χ0v) is 10.4. The van der Waals surface area contributed by atoms with Crippen molar-refractivity contribution in [2.45, 2.75) is 39.5 Å². The number of piperidine rings is 1. The van der Waals surface area contributed by atoms with E-state index in [1.165, 1.54) is 32.4 Å². The first-order valence-electron chi connectivity index (χ1n) is 6.34. The minimum absolute atomic E-state index is 0.240. The first-order chi connectivity index (χ1) is 7.43. The maximum atomic E-state index is 8.52. The van der Waals surface area contributed by atoms with Crippen LogP contribution in [0.1, 0.15) is 39.5 Å². The molecule has 0 aromatic carbocycles. The van der Waals surface area contributed by atoms with Gasteiger partial charge in [-0.2, -0.15) is 0 Å². The van der Waals surface area contributed by atoms with Crippen molar-refractivity contribution in [2.75, 3.05) is 39.5 Å². The molecule has 1 heterocycles. The Morgan fingerprint density at radius 1 is 1.07 bits per heavy atom. The number of ether oxygens (including phenoxy) is 1. The lowest BCUT2D eigenvalue weighted by Gasteiger charge is -2.26. The van der Waals surface area contributed by atoms with E-state index < -0.39 is 0 Å². The van der Waals surface area contributed by atoms with Crippen molar-refractivity contribution in [1.29, 1.82) is 0 Å². The third-order valence-electron chi connectivity index (χ3n) is 2.45. The average Bonchev–Trinajstić information content (AvgIpc) is 2.33. The van der Waals surface area contributed by atoms with Crippen molar-refractivity contribution in [1.82, 2.24) is 4.90 Å². The van der Waals surface area contributed by atoms with Crippen LogP contribution in [0.15, 0.2) is 0 Å². The molecule has 0 aromatic rings. The summed E-state index contributed by atoms with van der Waals surface area (Å²) in [5.74, 6) is 0. The van der Waals surface area contributed by atoms with Gasteiger partial charge in [0.1, 0.15) is 0 Å². The van der Waals surface area contributed by atoms with Crippen molar-refractivity contribution >= 4 is 0 Å². The third kappa shape index (κ3) is 8.85. The second kappa shape index (κ2) is 12.0. The van der Waals surface area contributed by atoms with Gasteiger partial charge in [0.25, 0.3) is 0 Å². The molecule has 1 aliphatic heterocycles. The first-order valence-corrected chi connectivity index (χ1v) is 6.34. The van der Waals surface area contributed by atoms with E-state index in [4.69, 9.17) is 9.84 Å². The number of hydrogen-bond donors (Lipinski definition) is 1. The van der Waals surface area contributed by atoms with Crippen molar-refractivity contribution in [3.8, 4) is 0 Å². The molecule has 92 valence electrons. The van der Waals surface area contributed by atoms with Gasteiger partial charge >= 0.3 is 0 Å². The summed E-state index contributed by atoms with van der Waals surface area (Å²) >= 11 is 0. The molecule has 1 N–H and O–H groups in total. The van der Waals surface area contributed by atoms with Crippen molar-refractivity contribution in [3.63, 3.8) is 0 Å². The highest BCUT2D eigenvalue weighted by atomic mass is 16.5. The predicted molar refractivity (Wildman–Crippen MR) is 64.2 cm³/mol. The van der Waals surface area contributed by atoms with Gasteiger partial charge < -0.3 is 14.7 Å². The van der Waals surface area contributed by atoms with Gasteiger partial charge in [-0.15, -0.1) is 0 Å². The Hall–Kier alpha value is -0.120. The fourth-order valence-electron chi connectivity index (χ4n) is 1.65. The molecule has 15 heavy (non-hydrogen) atoms. The fourth-order valence-corrected chi connectivity index (χ4v) is 1.65. The summed E-state index contributed by atoms with van der Waals surface area (Å²) in [6.07, 6.45) is 4.84. The fraction of sp³-hybridized carbons (Fsp3) is 1.00. The van der Waals surface area contributed by atoms with Gasteiger partial charge in [-0.1, -0.05) is 20.3 Å². The molecule has 0 radical (unpaired) electrons. The van der Waals surface area contributed by atoms with Crippen LogP contribution in [0.3, 0.4) is 0 Å². The molecule has 1 saturated heterocycles. The predicted octanol–water partition coefficient (Wildman–Crippen LogP) is 1.90. The summed E-state index contributed by atoms with van der Waals surface area (Å²) in [6.45, 7) is 9.30. The Balaban J connectivity index is 0.000000921. The molecule has 0 bridgehead atoms. The van der Waals surface area contributed by atoms with Gasteiger partial charge in [-0.3, -0.25) is 0 Å². The maximum absolute atomic E-state index is 8.52. The topological polar surface area (TPSA) is 32.7 Å². The van der Waals surface area contributed by atoms with Crippen LogP contribution in [0.25, 0.3) is 0 Å². The quantitative estimate of drug-likeness (QED) is 0.690. The van der Waals surface area contributed by atoms with E-state index in [9.17, 15) is 0 Å². The van der Waals surface area contributed by atoms with Gasteiger partial charge in [0.05, 0.1) is 6.61 Å². The largest absolute Gasteiger partial charge is 0.396 e. The lowest BCUT2D eigenvalue weighted by Crippen LogP contribution is -2.32. The number of hydrogen-bond acceptors (Lipinski definition) is 3. The molecule has 0 aromatic heterocycles. The number of aliphatic hydroxyl groups excluding tert-OH is 1. The zero-order valence-electron chi connectivity index (χ0n) is 10.4. The van der Waals surface area contributed by atoms with E-state index in [2.05, 4.69) is 4.90 Å². The van der Waals surface area contributed by atoms with Crippen LogP contribution in [0.4, 0.5) is 0 Å². The summed E-state index contributed by atoms with van der Waals surface area (Å²) in [4.78, 5) is 2.46. The Labute approximate surface area is 94.4 Å². The SMILES string of the molecule is CC.OCCCOCCN1CCCCC1. The summed E-state index contributed by atoms with van der Waals surface area (Å²) in [5, 5.41) is 8.52. The van der Waals surface area contributed by atoms with Crippen LogP contribution in [0.2, 0.25) is 0 Å². The lowest BCUT2D eigenvalue weighted by atomic mass is 10.1. The summed E-state index contributed by atoms with van der Waals surface area (Å²) in [5.41, 5.74) is 0. The van der Waals surface area contributed by atoms with E-state index in [0.29, 0.717) is 6.61 Å². The summed E-state index contributed by atoms with van der Waals surface area (Å²) in [7, 11) is 0. The molecule has 0 aliphatic carbocycles. The number of nitrogens with zero attached hydrogens (tertiary/aromatic N) is 1. The molecule has 0 amide bonds. The van der Waals surface area contributed by atoms with Crippen LogP contribution in [0, 0.1) is 0 Å². The standard InChI is InChI=1S/C10H21NO2.C2H6/c12-8-4-9-13-10-7-11-5-2-1-3-6-11;1-2/h12H,1-10H2;1-2H3. The molecule has 1 rings (SSSR count). The molecular weight excluding hydrogens is 190 g/mol. The minimum atomic E-state index is 0.240. The van der Waals surface area contributed by atoms with Gasteiger partial charge in [-0.05, 0) is 32.4 Å².